The van der Waals surface area contributed by atoms with Crippen LogP contribution in [0.1, 0.15) is 77.6 Å². The van der Waals surface area contributed by atoms with Crippen molar-refractivity contribution in [3.05, 3.63) is 77.1 Å². The van der Waals surface area contributed by atoms with Gasteiger partial charge in [-0.25, -0.2) is 19.1 Å². The van der Waals surface area contributed by atoms with Crippen molar-refractivity contribution in [3.8, 4) is 5.69 Å². The SMILES string of the molecule is CC1(C(=O)ON2C(=O)CCC2=O)CC/C=C/C(OC(=O)n2c3ccccc3c3nc(SCC(=O)NC4CCCCC4)n(-c4ccccc4)c(=O)c32)CC1. The van der Waals surface area contributed by atoms with Crippen molar-refractivity contribution in [2.45, 2.75) is 94.9 Å². The van der Waals surface area contributed by atoms with Gasteiger partial charge in [-0.15, -0.1) is 5.06 Å². The van der Waals surface area contributed by atoms with Crippen molar-refractivity contribution in [2.24, 2.45) is 5.41 Å². The lowest BCUT2D eigenvalue weighted by molar-refractivity contribution is -0.205. The number of rotatable bonds is 8. The lowest BCUT2D eigenvalue weighted by Gasteiger charge is -2.30. The summed E-state index contributed by atoms with van der Waals surface area (Å²) in [7, 11) is 0. The van der Waals surface area contributed by atoms with E-state index in [1.165, 1.54) is 27.3 Å². The van der Waals surface area contributed by atoms with Gasteiger partial charge < -0.3 is 14.9 Å². The molecule has 2 aromatic heterocycles. The minimum absolute atomic E-state index is 0.00399. The molecule has 3 aliphatic rings. The molecule has 0 radical (unpaired) electrons. The van der Waals surface area contributed by atoms with Gasteiger partial charge in [0.15, 0.2) is 5.16 Å². The molecule has 276 valence electrons. The minimum Gasteiger partial charge on any atom is -0.441 e. The second-order valence-electron chi connectivity index (χ2n) is 14.1. The fourth-order valence-corrected chi connectivity index (χ4v) is 8.09. The Balaban J connectivity index is 1.18. The zero-order valence-corrected chi connectivity index (χ0v) is 30.3. The van der Waals surface area contributed by atoms with Gasteiger partial charge in [-0.1, -0.05) is 73.5 Å². The van der Waals surface area contributed by atoms with E-state index in [1.807, 2.05) is 12.1 Å². The number of aromatic nitrogens is 3. The number of imide groups is 1. The van der Waals surface area contributed by atoms with E-state index >= 15 is 0 Å². The molecular formula is C39H41N5O8S. The van der Waals surface area contributed by atoms with Gasteiger partial charge in [0.25, 0.3) is 17.4 Å². The molecule has 2 aliphatic carbocycles. The number of thioether (sulfide) groups is 1. The molecule has 53 heavy (non-hydrogen) atoms. The van der Waals surface area contributed by atoms with E-state index in [0.717, 1.165) is 25.7 Å². The molecule has 2 unspecified atom stereocenters. The summed E-state index contributed by atoms with van der Waals surface area (Å²) in [6.45, 7) is 1.71. The summed E-state index contributed by atoms with van der Waals surface area (Å²) < 4.78 is 8.71. The van der Waals surface area contributed by atoms with Gasteiger partial charge >= 0.3 is 12.1 Å². The molecule has 0 bridgehead atoms. The lowest BCUT2D eigenvalue weighted by Crippen LogP contribution is -2.40. The third-order valence-corrected chi connectivity index (χ3v) is 11.2. The van der Waals surface area contributed by atoms with Crippen LogP contribution in [0.15, 0.2) is 76.7 Å². The van der Waals surface area contributed by atoms with Crippen molar-refractivity contribution < 1.29 is 33.5 Å². The summed E-state index contributed by atoms with van der Waals surface area (Å²) in [4.78, 5) is 89.5. The number of allylic oxidation sites excluding steroid dienone is 1. The summed E-state index contributed by atoms with van der Waals surface area (Å²) in [5.41, 5.74) is -0.270. The Hall–Kier alpha value is -5.24. The van der Waals surface area contributed by atoms with Gasteiger partial charge in [-0.05, 0) is 69.7 Å². The van der Waals surface area contributed by atoms with Crippen molar-refractivity contribution in [1.29, 1.82) is 0 Å². The number of ether oxygens (including phenoxy) is 1. The molecular weight excluding hydrogens is 699 g/mol. The number of nitrogens with one attached hydrogen (secondary N) is 1. The van der Waals surface area contributed by atoms with Crippen molar-refractivity contribution in [3.63, 3.8) is 0 Å². The highest BCUT2D eigenvalue weighted by Gasteiger charge is 2.41. The first-order valence-corrected chi connectivity index (χ1v) is 19.1. The summed E-state index contributed by atoms with van der Waals surface area (Å²) in [6, 6.07) is 16.2. The van der Waals surface area contributed by atoms with Gasteiger partial charge in [-0.2, -0.15) is 0 Å². The average Bonchev–Trinajstić information content (AvgIpc) is 3.66. The predicted octanol–water partition coefficient (Wildman–Crippen LogP) is 5.98. The number of para-hydroxylation sites is 2. The van der Waals surface area contributed by atoms with E-state index in [0.29, 0.717) is 45.2 Å². The summed E-state index contributed by atoms with van der Waals surface area (Å²) in [5.74, 6) is -1.87. The molecule has 7 rings (SSSR count). The van der Waals surface area contributed by atoms with Crippen LogP contribution in [-0.4, -0.2) is 66.9 Å². The van der Waals surface area contributed by atoms with Crippen LogP contribution >= 0.6 is 11.8 Å². The molecule has 0 spiro atoms. The standard InChI is InChI=1S/C39H41N5O8S/c1-39(36(49)52-44-31(46)19-20-32(44)47)22-11-10-16-27(21-23-39)51-38(50)43-29-18-9-8-17-28(29)33-34(43)35(48)42(26-14-6-3-7-15-26)37(41-33)53-24-30(45)40-25-12-4-2-5-13-25/h3,6-10,14-18,25,27H,2,4-5,11-13,19-24H2,1H3,(H,40,45)/b16-10+. The van der Waals surface area contributed by atoms with Gasteiger partial charge in [0, 0.05) is 24.3 Å². The van der Waals surface area contributed by atoms with E-state index in [9.17, 15) is 28.8 Å². The highest BCUT2D eigenvalue weighted by Crippen LogP contribution is 2.36. The molecule has 1 aliphatic heterocycles. The maximum absolute atomic E-state index is 14.6. The van der Waals surface area contributed by atoms with E-state index in [-0.39, 0.29) is 48.9 Å². The summed E-state index contributed by atoms with van der Waals surface area (Å²) in [6.07, 6.45) is 8.63. The number of amides is 3. The second-order valence-corrected chi connectivity index (χ2v) is 15.0. The maximum Gasteiger partial charge on any atom is 0.419 e. The number of carbonyl (C=O) groups excluding carboxylic acids is 5. The first-order chi connectivity index (χ1) is 25.6. The molecule has 13 nitrogen and oxygen atoms in total. The minimum atomic E-state index is -1.06. The van der Waals surface area contributed by atoms with Gasteiger partial charge in [0.2, 0.25) is 5.91 Å². The Morgan fingerprint density at radius 1 is 0.925 bits per heavy atom. The molecule has 4 aromatic rings. The summed E-state index contributed by atoms with van der Waals surface area (Å²) >= 11 is 1.17. The topological polar surface area (TPSA) is 159 Å². The Bertz CT molecular complexity index is 2160. The van der Waals surface area contributed by atoms with Crippen molar-refractivity contribution >= 4 is 63.5 Å². The Labute approximate surface area is 309 Å². The highest BCUT2D eigenvalue weighted by molar-refractivity contribution is 7.99. The van der Waals surface area contributed by atoms with E-state index in [1.54, 1.807) is 61.5 Å². The fraction of sp³-hybridized carbons (Fsp3) is 0.410. The number of hydrogen-bond donors (Lipinski definition) is 1. The number of benzene rings is 2. The zero-order chi connectivity index (χ0) is 37.1. The van der Waals surface area contributed by atoms with Crippen LogP contribution in [0.3, 0.4) is 0 Å². The third kappa shape index (κ3) is 7.50. The largest absolute Gasteiger partial charge is 0.441 e. The van der Waals surface area contributed by atoms with E-state index < -0.39 is 41.0 Å². The number of fused-ring (bicyclic) bond motifs is 3. The molecule has 14 heteroatoms. The fourth-order valence-electron chi connectivity index (χ4n) is 7.28. The Kier molecular flexibility index (Phi) is 10.5. The number of hydrogen-bond acceptors (Lipinski definition) is 10. The number of carbonyl (C=O) groups is 5. The molecule has 2 aromatic carbocycles. The van der Waals surface area contributed by atoms with E-state index in [2.05, 4.69) is 5.32 Å². The van der Waals surface area contributed by atoms with Crippen LogP contribution in [-0.2, 0) is 28.8 Å². The highest BCUT2D eigenvalue weighted by atomic mass is 32.2. The molecule has 2 fully saturated rings. The molecule has 1 saturated heterocycles. The maximum atomic E-state index is 14.6. The van der Waals surface area contributed by atoms with Crippen LogP contribution in [0.5, 0.6) is 0 Å². The predicted molar refractivity (Wildman–Crippen MR) is 197 cm³/mol. The smallest absolute Gasteiger partial charge is 0.419 e. The van der Waals surface area contributed by atoms with Gasteiger partial charge in [-0.3, -0.25) is 23.7 Å². The van der Waals surface area contributed by atoms with Crippen molar-refractivity contribution in [2.75, 3.05) is 5.75 Å². The zero-order valence-electron chi connectivity index (χ0n) is 29.5. The Morgan fingerprint density at radius 2 is 1.64 bits per heavy atom. The van der Waals surface area contributed by atoms with Crippen LogP contribution < -0.4 is 10.9 Å². The van der Waals surface area contributed by atoms with Crippen LogP contribution in [0.25, 0.3) is 27.6 Å². The lowest BCUT2D eigenvalue weighted by atomic mass is 9.79. The van der Waals surface area contributed by atoms with Gasteiger partial charge in [0.05, 0.1) is 22.4 Å². The number of nitrogens with zero attached hydrogens (tertiary/aromatic N) is 4. The van der Waals surface area contributed by atoms with Gasteiger partial charge in [0.1, 0.15) is 17.1 Å². The molecule has 1 N–H and O–H groups in total. The second kappa shape index (κ2) is 15.4. The number of hydroxylamine groups is 2. The normalized spacial score (nSPS) is 21.7. The first-order valence-electron chi connectivity index (χ1n) is 18.1. The van der Waals surface area contributed by atoms with Crippen LogP contribution in [0.2, 0.25) is 0 Å². The molecule has 3 heterocycles. The monoisotopic (exact) mass is 739 g/mol. The quantitative estimate of drug-likeness (QED) is 0.0987. The molecule has 3 amide bonds. The third-order valence-electron chi connectivity index (χ3n) is 10.3. The van der Waals surface area contributed by atoms with E-state index in [4.69, 9.17) is 14.6 Å². The Morgan fingerprint density at radius 3 is 2.40 bits per heavy atom. The first kappa shape index (κ1) is 36.1. The van der Waals surface area contributed by atoms with Crippen LogP contribution in [0.4, 0.5) is 4.79 Å². The summed E-state index contributed by atoms with van der Waals surface area (Å²) in [5, 5.41) is 4.56. The average molecular weight is 740 g/mol. The van der Waals surface area contributed by atoms with Crippen molar-refractivity contribution in [1.82, 2.24) is 24.5 Å². The molecule has 1 saturated carbocycles. The molecule has 2 atom stereocenters. The van der Waals surface area contributed by atoms with Crippen LogP contribution in [0, 0.1) is 5.41 Å².